The molecule has 0 radical (unpaired) electrons. The van der Waals surface area contributed by atoms with Crippen molar-refractivity contribution in [2.75, 3.05) is 66.4 Å². The van der Waals surface area contributed by atoms with Gasteiger partial charge < -0.3 is 62.0 Å². The number of thiazole rings is 1. The maximum absolute atomic E-state index is 14.8. The van der Waals surface area contributed by atoms with Gasteiger partial charge in [0.05, 0.1) is 66.5 Å². The summed E-state index contributed by atoms with van der Waals surface area (Å²) in [6.07, 6.45) is 0.636. The molecule has 2 fully saturated rings. The number of β-lactam (4-membered cyclic amide) rings is 1. The van der Waals surface area contributed by atoms with Crippen molar-refractivity contribution in [3.8, 4) is 23.0 Å². The van der Waals surface area contributed by atoms with Crippen LogP contribution in [0.15, 0.2) is 112 Å². The minimum Gasteiger partial charge on any atom is -0.497 e. The van der Waals surface area contributed by atoms with Crippen LogP contribution in [0.1, 0.15) is 98.7 Å². The Morgan fingerprint density at radius 2 is 1.34 bits per heavy atom. The van der Waals surface area contributed by atoms with E-state index in [0.29, 0.717) is 71.2 Å². The van der Waals surface area contributed by atoms with Gasteiger partial charge in [0.2, 0.25) is 11.5 Å². The first kappa shape index (κ1) is 66.7. The number of amides is 3. The number of carbonyl (C=O) groups excluding carboxylic acids is 7. The van der Waals surface area contributed by atoms with E-state index in [9.17, 15) is 38.4 Å². The maximum Gasteiger partial charge on any atom is 0.355 e. The fraction of sp³-hybridized carbons (Fsp3) is 0.446. The van der Waals surface area contributed by atoms with Crippen molar-refractivity contribution in [3.05, 3.63) is 145 Å². The summed E-state index contributed by atoms with van der Waals surface area (Å²) in [6, 6.07) is 21.1. The van der Waals surface area contributed by atoms with Crippen LogP contribution in [0.25, 0.3) is 0 Å². The van der Waals surface area contributed by atoms with Gasteiger partial charge in [-0.1, -0.05) is 41.6 Å². The number of aromatic nitrogens is 2. The molecule has 0 bridgehead atoms. The van der Waals surface area contributed by atoms with E-state index in [0.717, 1.165) is 42.8 Å². The molecule has 3 aromatic carbocycles. The Kier molecular flexibility index (Phi) is 21.3. The Labute approximate surface area is 535 Å². The Morgan fingerprint density at radius 1 is 0.758 bits per heavy atom. The zero-order valence-electron chi connectivity index (χ0n) is 52.4. The molecule has 9 rings (SSSR count). The van der Waals surface area contributed by atoms with E-state index in [1.807, 2.05) is 24.3 Å². The lowest BCUT2D eigenvalue weighted by atomic mass is 10.0. The highest BCUT2D eigenvalue weighted by atomic mass is 32.2. The number of carbonyl (C=O) groups is 7. The highest BCUT2D eigenvalue weighted by molar-refractivity contribution is 8.00. The average Bonchev–Trinajstić information content (AvgIpc) is 0.881. The number of pyridine rings is 1. The van der Waals surface area contributed by atoms with Crippen molar-refractivity contribution in [1.82, 2.24) is 24.7 Å². The quantitative estimate of drug-likeness (QED) is 0.0154. The van der Waals surface area contributed by atoms with Crippen molar-refractivity contribution >= 4 is 70.4 Å². The molecule has 24 nitrogen and oxygen atoms in total. The molecule has 0 spiro atoms. The number of nitrogens with zero attached hydrogens (tertiary/aromatic N) is 6. The lowest BCUT2D eigenvalue weighted by Crippen LogP contribution is -2.71. The summed E-state index contributed by atoms with van der Waals surface area (Å²) in [6.45, 7) is 13.4. The van der Waals surface area contributed by atoms with E-state index in [-0.39, 0.29) is 65.7 Å². The fourth-order valence-corrected chi connectivity index (χ4v) is 12.9. The number of methoxy groups -OCH3 is 3. The van der Waals surface area contributed by atoms with Gasteiger partial charge in [-0.2, -0.15) is 0 Å². The first-order valence-electron chi connectivity index (χ1n) is 29.7. The Hall–Kier alpha value is -8.75. The minimum atomic E-state index is -1.75. The maximum atomic E-state index is 14.8. The molecule has 1 N–H and O–H groups in total. The van der Waals surface area contributed by atoms with Gasteiger partial charge in [-0.15, -0.1) is 23.1 Å². The molecular weight excluding hydrogens is 1210 g/mol. The highest BCUT2D eigenvalue weighted by Crippen LogP contribution is 2.42. The molecule has 484 valence electrons. The number of likely N-dealkylation sites (tertiary alicyclic amines) is 1. The van der Waals surface area contributed by atoms with E-state index in [4.69, 9.17) is 42.7 Å². The van der Waals surface area contributed by atoms with E-state index < -0.39 is 82.0 Å². The van der Waals surface area contributed by atoms with Crippen LogP contribution in [-0.4, -0.2) is 166 Å². The zero-order valence-corrected chi connectivity index (χ0v) is 54.1. The van der Waals surface area contributed by atoms with Gasteiger partial charge in [-0.05, 0) is 94.6 Å². The molecule has 0 saturated carbocycles. The fourth-order valence-electron chi connectivity index (χ4n) is 10.8. The monoisotopic (exact) mass is 1290 g/mol. The molecule has 91 heavy (non-hydrogen) atoms. The molecule has 0 aliphatic carbocycles. The Balaban J connectivity index is 0.956. The number of quaternary nitrogens is 1. The number of esters is 4. The van der Waals surface area contributed by atoms with Crippen LogP contribution < -0.4 is 29.7 Å². The number of nitrogens with one attached hydrogen (secondary N) is 1. The summed E-state index contributed by atoms with van der Waals surface area (Å²) in [7, 11) is 4.64. The van der Waals surface area contributed by atoms with Crippen LogP contribution in [0.4, 0.5) is 0 Å². The molecule has 2 aromatic heterocycles. The standard InChI is InChI=1S/C65H75N7O17S2/c1-64(2,3)87-53(74)31-50(62(79)85-36-41-14-20-45(82-8)21-15-41)89-68-55(47-39-90-52(66-47)32-54(75)88-65(4,5)6)58(76)67-56-60(78)71-57(63(80)86-37-42-16-22-46(83-9)23-17-42)43(38-91-61(56)71)34-72(27-10-11-28-72)29-26-69-24-25-70-33-51(49(73)30-48(70)59(69)77)84-35-40-12-18-44(81-7)19-13-40/h12-23,30,33,39,50,56,61H,10-11,24-29,31-32,34-38H2,1-9H3/p+1/b68-55-/t50-,56+,61+/m0/s1. The van der Waals surface area contributed by atoms with Gasteiger partial charge >= 0.3 is 23.9 Å². The number of hydrogen-bond acceptors (Lipinski definition) is 21. The number of fused-ring (bicyclic) bond motifs is 2. The Morgan fingerprint density at radius 3 is 1.93 bits per heavy atom. The van der Waals surface area contributed by atoms with Crippen LogP contribution in [-0.2, 0) is 85.3 Å². The van der Waals surface area contributed by atoms with Crippen molar-refractivity contribution < 1.29 is 80.8 Å². The van der Waals surface area contributed by atoms with Crippen molar-refractivity contribution in [2.24, 2.45) is 5.16 Å². The predicted molar refractivity (Wildman–Crippen MR) is 334 cm³/mol. The van der Waals surface area contributed by atoms with Crippen LogP contribution >= 0.6 is 23.1 Å². The molecule has 3 amide bonds. The van der Waals surface area contributed by atoms with Crippen LogP contribution in [0.5, 0.6) is 23.0 Å². The average molecular weight is 1290 g/mol. The molecule has 26 heteroatoms. The summed E-state index contributed by atoms with van der Waals surface area (Å²) < 4.78 is 46.6. The second kappa shape index (κ2) is 29.0. The second-order valence-corrected chi connectivity index (χ2v) is 26.3. The Bertz CT molecular complexity index is 3620. The molecule has 6 heterocycles. The summed E-state index contributed by atoms with van der Waals surface area (Å²) in [4.78, 5) is 125. The minimum absolute atomic E-state index is 0.0474. The summed E-state index contributed by atoms with van der Waals surface area (Å²) in [5.74, 6) is -2.84. The number of ether oxygens (including phenoxy) is 8. The lowest BCUT2D eigenvalue weighted by molar-refractivity contribution is -0.911. The zero-order chi connectivity index (χ0) is 65.2. The van der Waals surface area contributed by atoms with Crippen LogP contribution in [0.2, 0.25) is 0 Å². The molecule has 0 unspecified atom stereocenters. The van der Waals surface area contributed by atoms with Gasteiger partial charge in [-0.25, -0.2) is 14.6 Å². The molecule has 4 aliphatic heterocycles. The molecular formula is C65H76N7O17S2+. The first-order chi connectivity index (χ1) is 43.4. The van der Waals surface area contributed by atoms with Gasteiger partial charge in [0, 0.05) is 48.7 Å². The molecule has 4 aliphatic rings. The summed E-state index contributed by atoms with van der Waals surface area (Å²) in [5, 5.41) is 7.78. The van der Waals surface area contributed by atoms with Crippen molar-refractivity contribution in [2.45, 2.75) is 122 Å². The van der Waals surface area contributed by atoms with Gasteiger partial charge in [0.1, 0.15) is 88.3 Å². The molecule has 3 atom stereocenters. The van der Waals surface area contributed by atoms with Crippen LogP contribution in [0, 0.1) is 0 Å². The number of benzene rings is 3. The third-order valence-electron chi connectivity index (χ3n) is 15.3. The third kappa shape index (κ3) is 17.2. The smallest absolute Gasteiger partial charge is 0.355 e. The number of thioether (sulfide) groups is 1. The van der Waals surface area contributed by atoms with E-state index in [2.05, 4.69) is 15.5 Å². The molecule has 5 aromatic rings. The topological polar surface area (TPSA) is 268 Å². The van der Waals surface area contributed by atoms with E-state index in [1.54, 1.807) is 120 Å². The largest absolute Gasteiger partial charge is 0.497 e. The van der Waals surface area contributed by atoms with Gasteiger partial charge in [0.25, 0.3) is 17.7 Å². The van der Waals surface area contributed by atoms with Gasteiger partial charge in [0.15, 0.2) is 11.5 Å². The van der Waals surface area contributed by atoms with Crippen molar-refractivity contribution in [3.63, 3.8) is 0 Å². The SMILES string of the molecule is COc1ccc(COC(=O)C2=C(C[N+]3(CCN4CCn5cc(OCc6ccc(OC)cc6)c(=O)cc5C4=O)CCCC3)CS[C@@H]3[C@H](NC(=O)/C(=N\O[C@@H](CC(=O)OC(C)(C)C)C(=O)OCc4ccc(OC)cc4)c4csc(CC(=O)OC(C)(C)C)n4)C(=O)N23)cc1. The number of hydrogen-bond donors (Lipinski definition) is 1. The first-order valence-corrected chi connectivity index (χ1v) is 31.7. The lowest BCUT2D eigenvalue weighted by Gasteiger charge is -2.50. The second-order valence-electron chi connectivity index (χ2n) is 24.3. The van der Waals surface area contributed by atoms with Crippen molar-refractivity contribution in [1.29, 1.82) is 0 Å². The van der Waals surface area contributed by atoms with E-state index in [1.165, 1.54) is 35.2 Å². The highest BCUT2D eigenvalue weighted by Gasteiger charge is 2.56. The van der Waals surface area contributed by atoms with Crippen LogP contribution in [0.3, 0.4) is 0 Å². The normalized spacial score (nSPS) is 17.4. The van der Waals surface area contributed by atoms with E-state index >= 15 is 0 Å². The third-order valence-corrected chi connectivity index (χ3v) is 17.5. The summed E-state index contributed by atoms with van der Waals surface area (Å²) in [5.41, 5.74) is 0.248. The number of oxime groups is 1. The molecule has 2 saturated heterocycles. The van der Waals surface area contributed by atoms with Gasteiger partial charge in [-0.3, -0.25) is 33.7 Å². The number of rotatable bonds is 26. The summed E-state index contributed by atoms with van der Waals surface area (Å²) >= 11 is 2.36. The predicted octanol–water partition coefficient (Wildman–Crippen LogP) is 6.52.